The van der Waals surface area contributed by atoms with Crippen LogP contribution in [0, 0.1) is 22.7 Å². The molecule has 3 aromatic heterocycles. The monoisotopic (exact) mass is 890 g/mol. The second kappa shape index (κ2) is 15.0. The van der Waals surface area contributed by atoms with Gasteiger partial charge in [-0.25, -0.2) is 0 Å². The second-order valence-electron chi connectivity index (χ2n) is 23.8. The van der Waals surface area contributed by atoms with E-state index in [4.69, 9.17) is 0 Å². The van der Waals surface area contributed by atoms with E-state index in [0.29, 0.717) is 16.7 Å². The maximum absolute atomic E-state index is 11.9. The summed E-state index contributed by atoms with van der Waals surface area (Å²) in [4.78, 5) is 0. The smallest absolute Gasteiger partial charge is 0.102 e. The molecule has 0 saturated heterocycles. The third-order valence-corrected chi connectivity index (χ3v) is 14.7. The van der Waals surface area contributed by atoms with E-state index in [0.717, 1.165) is 76.8 Å². The lowest BCUT2D eigenvalue weighted by molar-refractivity contribution is 0.462. The SMILES string of the molecule is CC(C)(C)c1ccc2c(c1)c1cc(C(C)(C)C)ccc1n2-c1cc(-n2c3ccc(C(C)(C)C)cc3c3cc(C(C)(C)C)ccc32)c(C#N)c(C(C)(C)n2c3ccccc3c3ccccc32)c1C#N. The van der Waals surface area contributed by atoms with Crippen LogP contribution in [0.25, 0.3) is 76.8 Å². The van der Waals surface area contributed by atoms with Gasteiger partial charge >= 0.3 is 0 Å². The summed E-state index contributed by atoms with van der Waals surface area (Å²) in [5.74, 6) is 0. The molecule has 0 aliphatic heterocycles. The van der Waals surface area contributed by atoms with Crippen LogP contribution in [0.1, 0.15) is 136 Å². The molecule has 340 valence electrons. The number of benzene rings is 7. The van der Waals surface area contributed by atoms with Gasteiger partial charge in [-0.15, -0.1) is 0 Å². The number of nitriles is 2. The van der Waals surface area contributed by atoms with E-state index in [2.05, 4.69) is 250 Å². The molecule has 0 amide bonds. The van der Waals surface area contributed by atoms with Crippen molar-refractivity contribution >= 4 is 65.4 Å². The van der Waals surface area contributed by atoms with Crippen molar-refractivity contribution in [1.29, 1.82) is 10.5 Å². The Morgan fingerprint density at radius 2 is 0.632 bits per heavy atom. The molecule has 0 saturated carbocycles. The first kappa shape index (κ1) is 44.7. The van der Waals surface area contributed by atoms with Gasteiger partial charge in [0.25, 0.3) is 0 Å². The van der Waals surface area contributed by atoms with E-state index < -0.39 is 5.54 Å². The normalized spacial score (nSPS) is 13.1. The van der Waals surface area contributed by atoms with E-state index in [1.807, 2.05) is 0 Å². The summed E-state index contributed by atoms with van der Waals surface area (Å²) in [6, 6.07) is 52.1. The Balaban J connectivity index is 1.43. The fourth-order valence-electron chi connectivity index (χ4n) is 10.9. The van der Waals surface area contributed by atoms with Gasteiger partial charge in [0.1, 0.15) is 12.1 Å². The van der Waals surface area contributed by atoms with Crippen LogP contribution in [0.5, 0.6) is 0 Å². The van der Waals surface area contributed by atoms with Crippen LogP contribution < -0.4 is 0 Å². The van der Waals surface area contributed by atoms with E-state index >= 15 is 0 Å². The maximum Gasteiger partial charge on any atom is 0.102 e. The van der Waals surface area contributed by atoms with Crippen molar-refractivity contribution in [2.45, 2.75) is 124 Å². The lowest BCUT2D eigenvalue weighted by atomic mass is 9.83. The van der Waals surface area contributed by atoms with Gasteiger partial charge in [-0.3, -0.25) is 0 Å². The lowest BCUT2D eigenvalue weighted by Crippen LogP contribution is -2.31. The van der Waals surface area contributed by atoms with Gasteiger partial charge < -0.3 is 13.7 Å². The Hall–Kier alpha value is -7.08. The van der Waals surface area contributed by atoms with Crippen molar-refractivity contribution in [3.05, 3.63) is 166 Å². The number of aromatic nitrogens is 3. The highest BCUT2D eigenvalue weighted by Gasteiger charge is 2.37. The van der Waals surface area contributed by atoms with Crippen molar-refractivity contribution in [2.24, 2.45) is 0 Å². The zero-order valence-electron chi connectivity index (χ0n) is 42.4. The van der Waals surface area contributed by atoms with Crippen molar-refractivity contribution in [1.82, 2.24) is 13.7 Å². The Morgan fingerprint density at radius 3 is 0.912 bits per heavy atom. The van der Waals surface area contributed by atoms with Gasteiger partial charge in [0.05, 0.1) is 50.1 Å². The molecule has 68 heavy (non-hydrogen) atoms. The number of nitrogens with zero attached hydrogens (tertiary/aromatic N) is 5. The van der Waals surface area contributed by atoms with E-state index in [1.54, 1.807) is 0 Å². The Bertz CT molecular complexity index is 3430. The van der Waals surface area contributed by atoms with Crippen molar-refractivity contribution in [3.8, 4) is 23.5 Å². The number of para-hydroxylation sites is 2. The molecule has 7 aromatic carbocycles. The molecule has 3 heterocycles. The van der Waals surface area contributed by atoms with Crippen LogP contribution in [0.2, 0.25) is 0 Å². The van der Waals surface area contributed by atoms with E-state index in [9.17, 15) is 10.5 Å². The Morgan fingerprint density at radius 1 is 0.338 bits per heavy atom. The van der Waals surface area contributed by atoms with Gasteiger partial charge in [-0.1, -0.05) is 144 Å². The van der Waals surface area contributed by atoms with Crippen LogP contribution in [0.3, 0.4) is 0 Å². The zero-order chi connectivity index (χ0) is 48.6. The largest absolute Gasteiger partial charge is 0.331 e. The quantitative estimate of drug-likeness (QED) is 0.177. The lowest BCUT2D eigenvalue weighted by Gasteiger charge is -2.33. The van der Waals surface area contributed by atoms with Crippen LogP contribution in [0.4, 0.5) is 0 Å². The predicted octanol–water partition coefficient (Wildman–Crippen LogP) is 16.7. The summed E-state index contributed by atoms with van der Waals surface area (Å²) in [5, 5.41) is 30.7. The molecule has 0 N–H and O–H groups in total. The minimum Gasteiger partial charge on any atom is -0.331 e. The number of hydrogen-bond donors (Lipinski definition) is 0. The molecule has 5 nitrogen and oxygen atoms in total. The molecule has 10 aromatic rings. The van der Waals surface area contributed by atoms with Gasteiger partial charge in [0.15, 0.2) is 0 Å². The summed E-state index contributed by atoms with van der Waals surface area (Å²) in [6.45, 7) is 31.5. The molecule has 5 heteroatoms. The van der Waals surface area contributed by atoms with Gasteiger partial charge in [-0.2, -0.15) is 10.5 Å². The molecule has 0 atom stereocenters. The van der Waals surface area contributed by atoms with Gasteiger partial charge in [-0.05, 0) is 124 Å². The molecule has 0 spiro atoms. The van der Waals surface area contributed by atoms with Crippen molar-refractivity contribution in [2.75, 3.05) is 0 Å². The maximum atomic E-state index is 11.9. The fraction of sp³-hybridized carbons (Fsp3) is 0.302. The van der Waals surface area contributed by atoms with Crippen molar-refractivity contribution in [3.63, 3.8) is 0 Å². The highest BCUT2D eigenvalue weighted by molar-refractivity contribution is 6.12. The highest BCUT2D eigenvalue weighted by Crippen LogP contribution is 2.47. The number of hydrogen-bond acceptors (Lipinski definition) is 2. The molecular formula is C63H63N5. The van der Waals surface area contributed by atoms with E-state index in [-0.39, 0.29) is 21.7 Å². The Labute approximate surface area is 401 Å². The molecule has 0 aliphatic carbocycles. The molecule has 0 fully saturated rings. The Kier molecular flexibility index (Phi) is 9.84. The fourth-order valence-corrected chi connectivity index (χ4v) is 10.9. The minimum atomic E-state index is -0.918. The van der Waals surface area contributed by atoms with Crippen LogP contribution >= 0.6 is 0 Å². The van der Waals surface area contributed by atoms with Crippen LogP contribution in [0.15, 0.2) is 127 Å². The average Bonchev–Trinajstić information content (AvgIpc) is 3.92. The first-order valence-corrected chi connectivity index (χ1v) is 24.1. The van der Waals surface area contributed by atoms with Crippen molar-refractivity contribution < 1.29 is 0 Å². The molecular weight excluding hydrogens is 827 g/mol. The third-order valence-electron chi connectivity index (χ3n) is 14.7. The minimum absolute atomic E-state index is 0.0839. The zero-order valence-corrected chi connectivity index (χ0v) is 42.4. The average molecular weight is 890 g/mol. The topological polar surface area (TPSA) is 62.4 Å². The van der Waals surface area contributed by atoms with Gasteiger partial charge in [0.2, 0.25) is 0 Å². The van der Waals surface area contributed by atoms with Crippen LogP contribution in [-0.4, -0.2) is 13.7 Å². The first-order chi connectivity index (χ1) is 31.9. The molecule has 0 bridgehead atoms. The summed E-state index contributed by atoms with van der Waals surface area (Å²) < 4.78 is 6.97. The van der Waals surface area contributed by atoms with Crippen LogP contribution in [-0.2, 0) is 27.2 Å². The molecule has 0 radical (unpaired) electrons. The summed E-state index contributed by atoms with van der Waals surface area (Å²) in [6.07, 6.45) is 0. The number of fused-ring (bicyclic) bond motifs is 9. The third kappa shape index (κ3) is 6.77. The van der Waals surface area contributed by atoms with Gasteiger partial charge in [0, 0.05) is 48.9 Å². The van der Waals surface area contributed by atoms with E-state index in [1.165, 1.54) is 22.3 Å². The molecule has 0 aliphatic rings. The summed E-state index contributed by atoms with van der Waals surface area (Å²) >= 11 is 0. The summed E-state index contributed by atoms with van der Waals surface area (Å²) in [7, 11) is 0. The standard InChI is InChI=1S/C63H63N5/c1-59(2,3)38-23-27-50-44(31-38)45-32-39(60(4,5)6)24-28-51(45)66(50)56-35-57(67-52-29-25-40(61(7,8)9)33-46(52)47-34-41(62(10,11)12)26-30-53(47)67)49(37-65)58(48(56)36-64)63(13,14)68-54-21-17-15-19-42(54)43-20-16-18-22-55(43)68/h15-35H,1-14H3. The second-order valence-corrected chi connectivity index (χ2v) is 23.8. The molecule has 10 rings (SSSR count). The predicted molar refractivity (Wildman–Crippen MR) is 287 cm³/mol. The number of rotatable bonds is 4. The first-order valence-electron chi connectivity index (χ1n) is 24.1. The summed E-state index contributed by atoms with van der Waals surface area (Å²) in [5.41, 5.74) is 13.0. The molecule has 0 unspecified atom stereocenters. The highest BCUT2D eigenvalue weighted by atomic mass is 15.1.